The normalized spacial score (nSPS) is 16.8. The monoisotopic (exact) mass is 450 g/mol. The lowest BCUT2D eigenvalue weighted by molar-refractivity contribution is -0.144. The van der Waals surface area contributed by atoms with Gasteiger partial charge < -0.3 is 15.8 Å². The van der Waals surface area contributed by atoms with Crippen LogP contribution in [0, 0.1) is 5.92 Å². The van der Waals surface area contributed by atoms with Crippen LogP contribution in [0.3, 0.4) is 0 Å². The molecule has 0 radical (unpaired) electrons. The summed E-state index contributed by atoms with van der Waals surface area (Å²) < 4.78 is 18.5. The van der Waals surface area contributed by atoms with E-state index < -0.39 is 41.1 Å². The van der Waals surface area contributed by atoms with Gasteiger partial charge in [-0.1, -0.05) is 43.7 Å². The molecule has 11 heteroatoms. The zero-order valence-electron chi connectivity index (χ0n) is 17.7. The van der Waals surface area contributed by atoms with E-state index in [4.69, 9.17) is 22.1 Å². The maximum absolute atomic E-state index is 13.3. The second kappa shape index (κ2) is 11.9. The van der Waals surface area contributed by atoms with Crippen LogP contribution < -0.4 is 16.5 Å². The van der Waals surface area contributed by atoms with Crippen molar-refractivity contribution in [3.05, 3.63) is 0 Å². The van der Waals surface area contributed by atoms with Gasteiger partial charge in [-0.15, -0.1) is 0 Å². The highest BCUT2D eigenvalue weighted by Gasteiger charge is 2.31. The largest absolute Gasteiger partial charge is 0.444 e. The van der Waals surface area contributed by atoms with Crippen LogP contribution in [-0.2, 0) is 19.1 Å². The maximum atomic E-state index is 13.3. The van der Waals surface area contributed by atoms with Gasteiger partial charge in [0, 0.05) is 6.42 Å². The molecule has 1 rings (SSSR count). The summed E-state index contributed by atoms with van der Waals surface area (Å²) in [6.07, 6.45) is 4.27. The third-order valence-corrected chi connectivity index (χ3v) is 4.77. The van der Waals surface area contributed by atoms with Crippen molar-refractivity contribution < 1.29 is 28.3 Å². The molecule has 0 bridgehead atoms. The van der Waals surface area contributed by atoms with Crippen molar-refractivity contribution in [3.63, 3.8) is 0 Å². The lowest BCUT2D eigenvalue weighted by Gasteiger charge is -2.30. The first-order valence-electron chi connectivity index (χ1n) is 10.1. The number of hydrazine groups is 1. The number of amides is 4. The first kappa shape index (κ1) is 25.9. The Morgan fingerprint density at radius 2 is 1.80 bits per heavy atom. The van der Waals surface area contributed by atoms with Gasteiger partial charge in [0.1, 0.15) is 11.6 Å². The summed E-state index contributed by atoms with van der Waals surface area (Å²) in [5.41, 5.74) is 4.15. The molecule has 0 aromatic rings. The first-order valence-corrected chi connectivity index (χ1v) is 10.5. The van der Waals surface area contributed by atoms with Crippen molar-refractivity contribution in [1.82, 2.24) is 15.8 Å². The number of alkyl carbamates (subject to hydrolysis) is 1. The van der Waals surface area contributed by atoms with Crippen molar-refractivity contribution in [2.45, 2.75) is 83.0 Å². The maximum Gasteiger partial charge on any atom is 0.408 e. The number of ether oxygens (including phenoxy) is 1. The van der Waals surface area contributed by atoms with Crippen LogP contribution in [0.25, 0.3) is 0 Å². The molecular formula is C19H32ClFN4O5. The molecule has 2 unspecified atom stereocenters. The summed E-state index contributed by atoms with van der Waals surface area (Å²) in [6.45, 7) is 4.72. The number of primary amides is 1. The van der Waals surface area contributed by atoms with Crippen molar-refractivity contribution in [3.8, 4) is 0 Å². The zero-order valence-corrected chi connectivity index (χ0v) is 18.5. The van der Waals surface area contributed by atoms with Gasteiger partial charge in [0.25, 0.3) is 17.4 Å². The van der Waals surface area contributed by atoms with E-state index in [0.717, 1.165) is 32.1 Å². The number of halogens is 2. The average Bonchev–Trinajstić information content (AvgIpc) is 2.62. The third-order valence-electron chi connectivity index (χ3n) is 4.58. The number of rotatable bonds is 8. The Bertz CT molecular complexity index is 621. The minimum atomic E-state index is -2.41. The number of nitrogens with one attached hydrogen (secondary N) is 2. The van der Waals surface area contributed by atoms with Crippen LogP contribution in [0.15, 0.2) is 0 Å². The fourth-order valence-corrected chi connectivity index (χ4v) is 3.33. The van der Waals surface area contributed by atoms with E-state index >= 15 is 0 Å². The minimum Gasteiger partial charge on any atom is -0.444 e. The van der Waals surface area contributed by atoms with Gasteiger partial charge in [-0.2, -0.15) is 0 Å². The summed E-state index contributed by atoms with van der Waals surface area (Å²) in [5.74, 6) is -2.50. The summed E-state index contributed by atoms with van der Waals surface area (Å²) in [5, 5.41) is 3.14. The Morgan fingerprint density at radius 3 is 2.30 bits per heavy atom. The molecule has 4 amide bonds. The van der Waals surface area contributed by atoms with Crippen LogP contribution in [0.2, 0.25) is 0 Å². The lowest BCUT2D eigenvalue weighted by atomic mass is 9.84. The summed E-state index contributed by atoms with van der Waals surface area (Å²) >= 11 is 5.20. The third kappa shape index (κ3) is 10.1. The van der Waals surface area contributed by atoms with Gasteiger partial charge in [-0.05, 0) is 33.1 Å². The Kier molecular flexibility index (Phi) is 10.3. The zero-order chi connectivity index (χ0) is 22.9. The van der Waals surface area contributed by atoms with Crippen molar-refractivity contribution in [1.29, 1.82) is 0 Å². The van der Waals surface area contributed by atoms with Crippen LogP contribution in [0.5, 0.6) is 0 Å². The predicted molar refractivity (Wildman–Crippen MR) is 109 cm³/mol. The highest BCUT2D eigenvalue weighted by molar-refractivity contribution is 6.29. The highest BCUT2D eigenvalue weighted by atomic mass is 35.5. The molecule has 2 atom stereocenters. The van der Waals surface area contributed by atoms with E-state index in [1.54, 1.807) is 20.8 Å². The molecule has 9 nitrogen and oxygen atoms in total. The average molecular weight is 451 g/mol. The molecule has 0 spiro atoms. The van der Waals surface area contributed by atoms with Gasteiger partial charge in [0.05, 0.1) is 6.54 Å². The SMILES string of the molecule is CC(C)(C)OC(=O)NC(CC1CCCCC1)C(=O)NN(CCC(N)=O)C(=O)C(F)Cl. The molecule has 1 aliphatic carbocycles. The smallest absolute Gasteiger partial charge is 0.408 e. The molecule has 1 saturated carbocycles. The standard InChI is InChI=1S/C19H32ClFN4O5/c1-19(2,3)30-18(29)23-13(11-12-7-5-4-6-8-12)16(27)24-25(10-9-14(22)26)17(28)15(20)21/h12-13,15H,4-11H2,1-3H3,(H2,22,26)(H,23,29)(H,24,27). The number of hydrogen-bond acceptors (Lipinski definition) is 5. The summed E-state index contributed by atoms with van der Waals surface area (Å²) in [6, 6.07) is -1.01. The number of nitrogens with zero attached hydrogens (tertiary/aromatic N) is 1. The molecular weight excluding hydrogens is 419 g/mol. The van der Waals surface area contributed by atoms with Crippen molar-refractivity contribution in [2.24, 2.45) is 11.7 Å². The van der Waals surface area contributed by atoms with Gasteiger partial charge in [0.2, 0.25) is 5.91 Å². The topological polar surface area (TPSA) is 131 Å². The van der Waals surface area contributed by atoms with Crippen LogP contribution in [-0.4, -0.2) is 52.6 Å². The number of nitrogens with two attached hydrogens (primary N) is 1. The van der Waals surface area contributed by atoms with Crippen molar-refractivity contribution in [2.75, 3.05) is 6.54 Å². The number of carbonyl (C=O) groups excluding carboxylic acids is 4. The van der Waals surface area contributed by atoms with Crippen LogP contribution in [0.1, 0.15) is 65.7 Å². The summed E-state index contributed by atoms with van der Waals surface area (Å²) in [7, 11) is 0. The van der Waals surface area contributed by atoms with E-state index in [-0.39, 0.29) is 18.9 Å². The van der Waals surface area contributed by atoms with E-state index in [1.165, 1.54) is 0 Å². The molecule has 4 N–H and O–H groups in total. The van der Waals surface area contributed by atoms with Crippen LogP contribution in [0.4, 0.5) is 9.18 Å². The minimum absolute atomic E-state index is 0.209. The lowest BCUT2D eigenvalue weighted by Crippen LogP contribution is -2.56. The second-order valence-corrected chi connectivity index (χ2v) is 8.80. The van der Waals surface area contributed by atoms with Gasteiger partial charge >= 0.3 is 6.09 Å². The van der Waals surface area contributed by atoms with Crippen LogP contribution >= 0.6 is 11.6 Å². The van der Waals surface area contributed by atoms with Gasteiger partial charge in [-0.25, -0.2) is 14.2 Å². The Morgan fingerprint density at radius 1 is 1.20 bits per heavy atom. The number of alkyl halides is 2. The Labute approximate surface area is 181 Å². The fraction of sp³-hybridized carbons (Fsp3) is 0.789. The molecule has 30 heavy (non-hydrogen) atoms. The highest BCUT2D eigenvalue weighted by Crippen LogP contribution is 2.27. The molecule has 0 aliphatic heterocycles. The van der Waals surface area contributed by atoms with E-state index in [9.17, 15) is 23.6 Å². The van der Waals surface area contributed by atoms with Crippen molar-refractivity contribution >= 4 is 35.4 Å². The molecule has 1 fully saturated rings. The predicted octanol–water partition coefficient (Wildman–Crippen LogP) is 2.12. The molecule has 0 aromatic carbocycles. The molecule has 0 aromatic heterocycles. The summed E-state index contributed by atoms with van der Waals surface area (Å²) in [4.78, 5) is 48.0. The number of carbonyl (C=O) groups is 4. The fourth-order valence-electron chi connectivity index (χ4n) is 3.21. The molecule has 0 saturated heterocycles. The second-order valence-electron chi connectivity index (χ2n) is 8.42. The molecule has 1 aliphatic rings. The Balaban J connectivity index is 2.91. The van der Waals surface area contributed by atoms with Gasteiger partial charge in [-0.3, -0.25) is 19.8 Å². The molecule has 0 heterocycles. The molecule has 172 valence electrons. The number of hydrogen-bond donors (Lipinski definition) is 3. The van der Waals surface area contributed by atoms with E-state index in [2.05, 4.69) is 10.7 Å². The Hall–Kier alpha value is -2.10. The first-order chi connectivity index (χ1) is 13.9. The quantitative estimate of drug-likeness (QED) is 0.385. The van der Waals surface area contributed by atoms with E-state index in [1.807, 2.05) is 0 Å². The van der Waals surface area contributed by atoms with E-state index in [0.29, 0.717) is 11.4 Å². The van der Waals surface area contributed by atoms with Gasteiger partial charge in [0.15, 0.2) is 0 Å².